The maximum atomic E-state index is 11.8. The Morgan fingerprint density at radius 3 is 2.57 bits per heavy atom. The second kappa shape index (κ2) is 5.73. The summed E-state index contributed by atoms with van der Waals surface area (Å²) in [5.41, 5.74) is -0.113. The van der Waals surface area contributed by atoms with E-state index >= 15 is 0 Å². The van der Waals surface area contributed by atoms with E-state index in [0.717, 1.165) is 10.1 Å². The minimum Gasteiger partial charge on any atom is -0.479 e. The van der Waals surface area contributed by atoms with Crippen molar-refractivity contribution >= 4 is 33.5 Å². The van der Waals surface area contributed by atoms with Crippen LogP contribution in [-0.4, -0.2) is 22.8 Å². The van der Waals surface area contributed by atoms with Crippen LogP contribution in [0.5, 0.6) is 0 Å². The van der Waals surface area contributed by atoms with Crippen LogP contribution in [0.1, 0.15) is 32.4 Å². The molecule has 0 saturated carbocycles. The highest BCUT2D eigenvalue weighted by molar-refractivity contribution is 7.17. The van der Waals surface area contributed by atoms with Crippen LogP contribution in [0.3, 0.4) is 0 Å². The second-order valence-corrected chi connectivity index (χ2v) is 6.52. The molecule has 0 aliphatic heterocycles. The number of fused-ring (bicyclic) bond motifs is 1. The van der Waals surface area contributed by atoms with Crippen LogP contribution in [0.25, 0.3) is 10.1 Å². The normalized spacial score (nSPS) is 12.9. The molecule has 1 heterocycles. The third-order valence-corrected chi connectivity index (χ3v) is 3.71. The summed E-state index contributed by atoms with van der Waals surface area (Å²) in [6.07, 6.45) is -0.745. The number of rotatable bonds is 3. The molecule has 1 amide bonds. The van der Waals surface area contributed by atoms with E-state index in [1.54, 1.807) is 26.2 Å². The molecule has 1 atom stereocenters. The molecule has 6 heteroatoms. The summed E-state index contributed by atoms with van der Waals surface area (Å²) >= 11 is 1.44. The fraction of sp³-hybridized carbons (Fsp3) is 0.333. The maximum absolute atomic E-state index is 11.8. The third-order valence-electron chi connectivity index (χ3n) is 2.73. The number of amides is 1. The standard InChI is InChI=1S/C15H17NO4S/c1-15(2,3)20-14(19)16-12(13(17)18)10-8-21-11-7-5-4-6-9(10)11/h4-8,12H,1-3H3,(H,16,19)(H,17,18). The van der Waals surface area contributed by atoms with Gasteiger partial charge >= 0.3 is 12.1 Å². The van der Waals surface area contributed by atoms with Gasteiger partial charge in [-0.05, 0) is 37.6 Å². The van der Waals surface area contributed by atoms with E-state index in [-0.39, 0.29) is 0 Å². The van der Waals surface area contributed by atoms with E-state index in [9.17, 15) is 14.7 Å². The molecule has 0 radical (unpaired) electrons. The van der Waals surface area contributed by atoms with Gasteiger partial charge in [0.1, 0.15) is 5.60 Å². The van der Waals surface area contributed by atoms with Crippen LogP contribution in [0.2, 0.25) is 0 Å². The molecule has 1 unspecified atom stereocenters. The quantitative estimate of drug-likeness (QED) is 0.909. The van der Waals surface area contributed by atoms with Gasteiger partial charge in [0.2, 0.25) is 0 Å². The summed E-state index contributed by atoms with van der Waals surface area (Å²) in [5, 5.41) is 14.4. The number of carbonyl (C=O) groups excluding carboxylic acids is 1. The SMILES string of the molecule is CC(C)(C)OC(=O)NC(C(=O)O)c1csc2ccccc12. The molecule has 0 aliphatic rings. The number of alkyl carbamates (subject to hydrolysis) is 1. The Kier molecular flexibility index (Phi) is 4.18. The van der Waals surface area contributed by atoms with Crippen molar-refractivity contribution in [1.82, 2.24) is 5.32 Å². The van der Waals surface area contributed by atoms with Crippen molar-refractivity contribution < 1.29 is 19.4 Å². The van der Waals surface area contributed by atoms with Crippen molar-refractivity contribution in [1.29, 1.82) is 0 Å². The predicted octanol–water partition coefficient (Wildman–Crippen LogP) is 3.55. The zero-order valence-electron chi connectivity index (χ0n) is 12.0. The monoisotopic (exact) mass is 307 g/mol. The highest BCUT2D eigenvalue weighted by atomic mass is 32.1. The number of hydrogen-bond acceptors (Lipinski definition) is 4. The molecule has 0 bridgehead atoms. The number of carbonyl (C=O) groups is 2. The molecule has 0 spiro atoms. The number of thiophene rings is 1. The smallest absolute Gasteiger partial charge is 0.408 e. The predicted molar refractivity (Wildman–Crippen MR) is 81.6 cm³/mol. The number of carboxylic acid groups (broad SMARTS) is 1. The first-order chi connectivity index (χ1) is 9.78. The fourth-order valence-corrected chi connectivity index (χ4v) is 2.91. The minimum atomic E-state index is -1.13. The minimum absolute atomic E-state index is 0.564. The summed E-state index contributed by atoms with van der Waals surface area (Å²) in [5.74, 6) is -1.12. The molecule has 2 N–H and O–H groups in total. The van der Waals surface area contributed by atoms with Crippen molar-refractivity contribution in [3.8, 4) is 0 Å². The number of aliphatic carboxylic acids is 1. The highest BCUT2D eigenvalue weighted by Gasteiger charge is 2.27. The molecule has 1 aromatic carbocycles. The summed E-state index contributed by atoms with van der Waals surface area (Å²) in [6.45, 7) is 5.17. The van der Waals surface area contributed by atoms with E-state index in [0.29, 0.717) is 5.56 Å². The van der Waals surface area contributed by atoms with Crippen molar-refractivity contribution in [3.05, 3.63) is 35.2 Å². The molecule has 1 aromatic heterocycles. The van der Waals surface area contributed by atoms with Gasteiger partial charge in [-0.15, -0.1) is 11.3 Å². The van der Waals surface area contributed by atoms with Crippen molar-refractivity contribution in [2.24, 2.45) is 0 Å². The Balaban J connectivity index is 2.28. The lowest BCUT2D eigenvalue weighted by Gasteiger charge is -2.22. The molecule has 2 rings (SSSR count). The van der Waals surface area contributed by atoms with E-state index in [1.165, 1.54) is 11.3 Å². The first-order valence-corrected chi connectivity index (χ1v) is 7.34. The topological polar surface area (TPSA) is 75.6 Å². The average molecular weight is 307 g/mol. The first kappa shape index (κ1) is 15.3. The lowest BCUT2D eigenvalue weighted by atomic mass is 10.1. The van der Waals surface area contributed by atoms with Gasteiger partial charge in [0, 0.05) is 10.3 Å². The number of ether oxygens (including phenoxy) is 1. The molecule has 0 fully saturated rings. The second-order valence-electron chi connectivity index (χ2n) is 5.60. The molecule has 21 heavy (non-hydrogen) atoms. The Morgan fingerprint density at radius 1 is 1.29 bits per heavy atom. The Bertz CT molecular complexity index is 672. The molecular weight excluding hydrogens is 290 g/mol. The Hall–Kier alpha value is -2.08. The van der Waals surface area contributed by atoms with Crippen LogP contribution >= 0.6 is 11.3 Å². The first-order valence-electron chi connectivity index (χ1n) is 6.46. The van der Waals surface area contributed by atoms with Gasteiger partial charge in [0.25, 0.3) is 0 Å². The molecule has 0 saturated heterocycles. The molecule has 0 aliphatic carbocycles. The van der Waals surface area contributed by atoms with Gasteiger partial charge in [-0.2, -0.15) is 0 Å². The summed E-state index contributed by atoms with van der Waals surface area (Å²) in [6, 6.07) is 6.35. The average Bonchev–Trinajstić information content (AvgIpc) is 2.77. The van der Waals surface area contributed by atoms with Crippen LogP contribution < -0.4 is 5.32 Å². The van der Waals surface area contributed by atoms with Gasteiger partial charge in [0.05, 0.1) is 0 Å². The molecule has 2 aromatic rings. The summed E-state index contributed by atoms with van der Waals surface area (Å²) in [4.78, 5) is 23.3. The number of carboxylic acids is 1. The van der Waals surface area contributed by atoms with Gasteiger partial charge in [0.15, 0.2) is 6.04 Å². The van der Waals surface area contributed by atoms with E-state index in [2.05, 4.69) is 5.32 Å². The molecule has 5 nitrogen and oxygen atoms in total. The van der Waals surface area contributed by atoms with Gasteiger partial charge in [-0.3, -0.25) is 0 Å². The zero-order chi connectivity index (χ0) is 15.6. The molecule has 112 valence electrons. The van der Waals surface area contributed by atoms with Crippen LogP contribution in [-0.2, 0) is 9.53 Å². The van der Waals surface area contributed by atoms with E-state index in [4.69, 9.17) is 4.74 Å². The van der Waals surface area contributed by atoms with Gasteiger partial charge < -0.3 is 15.2 Å². The van der Waals surface area contributed by atoms with Crippen LogP contribution in [0, 0.1) is 0 Å². The van der Waals surface area contributed by atoms with Crippen LogP contribution in [0.15, 0.2) is 29.6 Å². The number of hydrogen-bond donors (Lipinski definition) is 2. The van der Waals surface area contributed by atoms with E-state index < -0.39 is 23.7 Å². The van der Waals surface area contributed by atoms with Gasteiger partial charge in [-0.25, -0.2) is 9.59 Å². The van der Waals surface area contributed by atoms with Crippen molar-refractivity contribution in [2.75, 3.05) is 0 Å². The zero-order valence-corrected chi connectivity index (χ0v) is 12.9. The lowest BCUT2D eigenvalue weighted by Crippen LogP contribution is -2.38. The third kappa shape index (κ3) is 3.72. The van der Waals surface area contributed by atoms with Crippen molar-refractivity contribution in [3.63, 3.8) is 0 Å². The fourth-order valence-electron chi connectivity index (χ4n) is 1.92. The Morgan fingerprint density at radius 2 is 1.95 bits per heavy atom. The summed E-state index contributed by atoms with van der Waals surface area (Å²) in [7, 11) is 0. The number of benzene rings is 1. The van der Waals surface area contributed by atoms with E-state index in [1.807, 2.05) is 24.3 Å². The van der Waals surface area contributed by atoms with Gasteiger partial charge in [-0.1, -0.05) is 18.2 Å². The number of nitrogens with one attached hydrogen (secondary N) is 1. The largest absolute Gasteiger partial charge is 0.479 e. The van der Waals surface area contributed by atoms with Crippen molar-refractivity contribution in [2.45, 2.75) is 32.4 Å². The Labute approximate surface area is 126 Å². The van der Waals surface area contributed by atoms with Crippen LogP contribution in [0.4, 0.5) is 4.79 Å². The summed E-state index contributed by atoms with van der Waals surface area (Å²) < 4.78 is 6.10. The maximum Gasteiger partial charge on any atom is 0.408 e. The molecular formula is C15H17NO4S. The highest BCUT2D eigenvalue weighted by Crippen LogP contribution is 2.30. The lowest BCUT2D eigenvalue weighted by molar-refractivity contribution is -0.139.